The number of nitrogens with one attached hydrogen (secondary N) is 1. The van der Waals surface area contributed by atoms with Gasteiger partial charge in [-0.2, -0.15) is 0 Å². The second-order valence-corrected chi connectivity index (χ2v) is 7.70. The van der Waals surface area contributed by atoms with Crippen LogP contribution in [0.25, 0.3) is 6.08 Å². The van der Waals surface area contributed by atoms with Crippen LogP contribution in [0.1, 0.15) is 10.4 Å². The van der Waals surface area contributed by atoms with Crippen molar-refractivity contribution in [2.45, 2.75) is 6.92 Å². The Bertz CT molecular complexity index is 878. The van der Waals surface area contributed by atoms with E-state index in [1.165, 1.54) is 11.3 Å². The highest BCUT2D eigenvalue weighted by molar-refractivity contribution is 8.18. The molecule has 0 bridgehead atoms. The second kappa shape index (κ2) is 7.43. The maximum Gasteiger partial charge on any atom is 0.294 e. The highest BCUT2D eigenvalue weighted by Crippen LogP contribution is 2.32. The third-order valence-corrected chi connectivity index (χ3v) is 5.43. The third-order valence-electron chi connectivity index (χ3n) is 3.47. The first kappa shape index (κ1) is 17.7. The number of amides is 3. The molecule has 0 spiro atoms. The van der Waals surface area contributed by atoms with E-state index in [9.17, 15) is 14.4 Å². The van der Waals surface area contributed by atoms with E-state index in [4.69, 9.17) is 11.6 Å². The van der Waals surface area contributed by atoms with Crippen molar-refractivity contribution >= 4 is 63.5 Å². The molecule has 25 heavy (non-hydrogen) atoms. The number of anilines is 1. The molecule has 128 valence electrons. The molecule has 1 aliphatic rings. The number of thiophene rings is 1. The van der Waals surface area contributed by atoms with Crippen LogP contribution in [-0.2, 0) is 9.59 Å². The quantitative estimate of drug-likeness (QED) is 0.784. The Balaban J connectivity index is 1.70. The SMILES string of the molecule is Cc1ccc(Cl)cc1NC(=O)CN1C(=O)S/C(=C\c2cccs2)C1=O. The molecule has 3 rings (SSSR count). The minimum absolute atomic E-state index is 0.319. The number of benzene rings is 1. The Hall–Kier alpha value is -2.09. The van der Waals surface area contributed by atoms with E-state index >= 15 is 0 Å². The highest BCUT2D eigenvalue weighted by atomic mass is 35.5. The number of halogens is 1. The first-order valence-corrected chi connectivity index (χ1v) is 9.36. The lowest BCUT2D eigenvalue weighted by Gasteiger charge is -2.13. The molecule has 1 fully saturated rings. The van der Waals surface area contributed by atoms with Crippen LogP contribution in [0.2, 0.25) is 5.02 Å². The predicted molar refractivity (Wildman–Crippen MR) is 102 cm³/mol. The number of carbonyl (C=O) groups excluding carboxylic acids is 3. The summed E-state index contributed by atoms with van der Waals surface area (Å²) in [6.45, 7) is 1.49. The zero-order valence-electron chi connectivity index (χ0n) is 13.1. The Morgan fingerprint density at radius 2 is 2.12 bits per heavy atom. The minimum Gasteiger partial charge on any atom is -0.324 e. The maximum atomic E-state index is 12.4. The smallest absolute Gasteiger partial charge is 0.294 e. The van der Waals surface area contributed by atoms with Crippen molar-refractivity contribution in [2.24, 2.45) is 0 Å². The number of hydrogen-bond acceptors (Lipinski definition) is 5. The van der Waals surface area contributed by atoms with Crippen LogP contribution < -0.4 is 5.32 Å². The fourth-order valence-corrected chi connectivity index (χ4v) is 3.93. The fourth-order valence-electron chi connectivity index (χ4n) is 2.20. The summed E-state index contributed by atoms with van der Waals surface area (Å²) in [5, 5.41) is 4.61. The summed E-state index contributed by atoms with van der Waals surface area (Å²) in [5.74, 6) is -0.911. The number of hydrogen-bond donors (Lipinski definition) is 1. The van der Waals surface area contributed by atoms with Gasteiger partial charge in [0.25, 0.3) is 11.1 Å². The zero-order chi connectivity index (χ0) is 18.0. The van der Waals surface area contributed by atoms with Gasteiger partial charge in [0.05, 0.1) is 4.91 Å². The van der Waals surface area contributed by atoms with Gasteiger partial charge in [-0.15, -0.1) is 11.3 Å². The van der Waals surface area contributed by atoms with E-state index in [-0.39, 0.29) is 6.54 Å². The molecule has 1 N–H and O–H groups in total. The standard InChI is InChI=1S/C17H13ClN2O3S2/c1-10-4-5-11(18)7-13(10)19-15(21)9-20-16(22)14(25-17(20)23)8-12-3-2-6-24-12/h2-8H,9H2,1H3,(H,19,21)/b14-8-. The predicted octanol–water partition coefficient (Wildman–Crippen LogP) is 4.38. The maximum absolute atomic E-state index is 12.4. The second-order valence-electron chi connectivity index (χ2n) is 5.29. The number of nitrogens with zero attached hydrogens (tertiary/aromatic N) is 1. The highest BCUT2D eigenvalue weighted by Gasteiger charge is 2.36. The molecule has 0 unspecified atom stereocenters. The molecule has 1 aromatic carbocycles. The third kappa shape index (κ3) is 4.12. The van der Waals surface area contributed by atoms with Gasteiger partial charge in [-0.1, -0.05) is 23.7 Å². The summed E-state index contributed by atoms with van der Waals surface area (Å²) in [5.41, 5.74) is 1.39. The molecule has 0 atom stereocenters. The van der Waals surface area contributed by atoms with E-state index < -0.39 is 17.1 Å². The number of aryl methyl sites for hydroxylation is 1. The molecule has 5 nitrogen and oxygen atoms in total. The van der Waals surface area contributed by atoms with Gasteiger partial charge in [-0.3, -0.25) is 19.3 Å². The average Bonchev–Trinajstić information content (AvgIpc) is 3.15. The van der Waals surface area contributed by atoms with Crippen LogP contribution in [0, 0.1) is 6.92 Å². The Labute approximate surface area is 157 Å². The number of imide groups is 1. The van der Waals surface area contributed by atoms with Gasteiger partial charge in [0, 0.05) is 15.6 Å². The molecule has 1 aliphatic heterocycles. The molecule has 1 aromatic heterocycles. The first-order chi connectivity index (χ1) is 11.9. The van der Waals surface area contributed by atoms with Crippen LogP contribution in [0.5, 0.6) is 0 Å². The van der Waals surface area contributed by atoms with Gasteiger partial charge in [0.2, 0.25) is 5.91 Å². The summed E-state index contributed by atoms with van der Waals surface area (Å²) in [6.07, 6.45) is 1.66. The van der Waals surface area contributed by atoms with Crippen molar-refractivity contribution in [1.82, 2.24) is 4.90 Å². The molecule has 8 heteroatoms. The molecule has 2 aromatic rings. The molecule has 3 amide bonds. The Morgan fingerprint density at radius 3 is 2.84 bits per heavy atom. The summed E-state index contributed by atoms with van der Waals surface area (Å²) in [4.78, 5) is 38.8. The summed E-state index contributed by atoms with van der Waals surface area (Å²) in [6, 6.07) is 8.84. The summed E-state index contributed by atoms with van der Waals surface area (Å²) >= 11 is 8.23. The monoisotopic (exact) mass is 392 g/mol. The Morgan fingerprint density at radius 1 is 1.32 bits per heavy atom. The van der Waals surface area contributed by atoms with E-state index in [0.717, 1.165) is 27.1 Å². The van der Waals surface area contributed by atoms with Crippen molar-refractivity contribution in [3.05, 3.63) is 56.1 Å². The van der Waals surface area contributed by atoms with Gasteiger partial charge in [0.1, 0.15) is 6.54 Å². The van der Waals surface area contributed by atoms with Crippen molar-refractivity contribution < 1.29 is 14.4 Å². The molecular weight excluding hydrogens is 380 g/mol. The molecule has 0 aliphatic carbocycles. The van der Waals surface area contributed by atoms with Crippen LogP contribution in [-0.4, -0.2) is 28.5 Å². The van der Waals surface area contributed by atoms with Gasteiger partial charge in [-0.25, -0.2) is 0 Å². The molecular formula is C17H13ClN2O3S2. The summed E-state index contributed by atoms with van der Waals surface area (Å²) < 4.78 is 0. The van der Waals surface area contributed by atoms with Gasteiger partial charge >= 0.3 is 0 Å². The number of rotatable bonds is 4. The zero-order valence-corrected chi connectivity index (χ0v) is 15.5. The lowest BCUT2D eigenvalue weighted by atomic mass is 10.2. The lowest BCUT2D eigenvalue weighted by Crippen LogP contribution is -2.36. The van der Waals surface area contributed by atoms with Crippen LogP contribution >= 0.6 is 34.7 Å². The summed E-state index contributed by atoms with van der Waals surface area (Å²) in [7, 11) is 0. The van der Waals surface area contributed by atoms with Gasteiger partial charge in [-0.05, 0) is 53.9 Å². The lowest BCUT2D eigenvalue weighted by molar-refractivity contribution is -0.127. The Kier molecular flexibility index (Phi) is 5.27. The van der Waals surface area contributed by atoms with E-state index in [0.29, 0.717) is 15.6 Å². The van der Waals surface area contributed by atoms with E-state index in [1.54, 1.807) is 24.3 Å². The van der Waals surface area contributed by atoms with Gasteiger partial charge < -0.3 is 5.32 Å². The number of carbonyl (C=O) groups is 3. The first-order valence-electron chi connectivity index (χ1n) is 7.29. The van der Waals surface area contributed by atoms with Crippen molar-refractivity contribution in [1.29, 1.82) is 0 Å². The van der Waals surface area contributed by atoms with Crippen LogP contribution in [0.3, 0.4) is 0 Å². The van der Waals surface area contributed by atoms with E-state index in [1.807, 2.05) is 24.4 Å². The average molecular weight is 393 g/mol. The molecule has 0 radical (unpaired) electrons. The topological polar surface area (TPSA) is 66.5 Å². The molecule has 1 saturated heterocycles. The molecule has 2 heterocycles. The normalized spacial score (nSPS) is 15.9. The van der Waals surface area contributed by atoms with Crippen molar-refractivity contribution in [3.63, 3.8) is 0 Å². The number of thioether (sulfide) groups is 1. The van der Waals surface area contributed by atoms with Crippen molar-refractivity contribution in [2.75, 3.05) is 11.9 Å². The largest absolute Gasteiger partial charge is 0.324 e. The molecule has 0 saturated carbocycles. The van der Waals surface area contributed by atoms with Crippen LogP contribution in [0.4, 0.5) is 10.5 Å². The van der Waals surface area contributed by atoms with E-state index in [2.05, 4.69) is 5.32 Å². The van der Waals surface area contributed by atoms with Gasteiger partial charge in [0.15, 0.2) is 0 Å². The minimum atomic E-state index is -0.457. The van der Waals surface area contributed by atoms with Crippen LogP contribution in [0.15, 0.2) is 40.6 Å². The van der Waals surface area contributed by atoms with Crippen molar-refractivity contribution in [3.8, 4) is 0 Å². The fraction of sp³-hybridized carbons (Fsp3) is 0.118.